The minimum absolute atomic E-state index is 0.0553. The average molecular weight is 466 g/mol. The van der Waals surface area contributed by atoms with Crippen LogP contribution in [-0.4, -0.2) is 48.3 Å². The first-order valence-electron chi connectivity index (χ1n) is 7.56. The fraction of sp³-hybridized carbons (Fsp3) is 0.357. The predicted molar refractivity (Wildman–Crippen MR) is 89.3 cm³/mol. The van der Waals surface area contributed by atoms with Crippen LogP contribution in [0, 0.1) is 10.1 Å². The van der Waals surface area contributed by atoms with Crippen molar-refractivity contribution >= 4 is 33.4 Å². The van der Waals surface area contributed by atoms with Gasteiger partial charge in [-0.25, -0.2) is 0 Å². The molecule has 10 nitrogen and oxygen atoms in total. The summed E-state index contributed by atoms with van der Waals surface area (Å²) in [6, 6.07) is 2.42. The number of nitrogens with zero attached hydrogens (tertiary/aromatic N) is 5. The number of nitro groups is 1. The molecule has 0 unspecified atom stereocenters. The number of halogens is 4. The van der Waals surface area contributed by atoms with Crippen LogP contribution in [0.3, 0.4) is 0 Å². The zero-order valence-electron chi connectivity index (χ0n) is 14.0. The SMILES string of the molecule is CC1=NN(C(=O)c2ccc(Cn3cc(Br)c([N+](=O)[O-])n3)o2)[C@](O)(C(F)(F)F)C1. The summed E-state index contributed by atoms with van der Waals surface area (Å²) in [6.07, 6.45) is -4.70. The summed E-state index contributed by atoms with van der Waals surface area (Å²) in [7, 11) is 0. The number of aliphatic hydroxyl groups is 1. The summed E-state index contributed by atoms with van der Waals surface area (Å²) < 4.78 is 46.2. The van der Waals surface area contributed by atoms with Crippen LogP contribution in [0.25, 0.3) is 0 Å². The third-order valence-corrected chi connectivity index (χ3v) is 4.39. The lowest BCUT2D eigenvalue weighted by Gasteiger charge is -2.32. The zero-order valence-corrected chi connectivity index (χ0v) is 15.6. The summed E-state index contributed by atoms with van der Waals surface area (Å²) in [5.41, 5.74) is -3.54. The van der Waals surface area contributed by atoms with Crippen molar-refractivity contribution in [2.24, 2.45) is 5.10 Å². The Morgan fingerprint density at radius 3 is 2.75 bits per heavy atom. The van der Waals surface area contributed by atoms with Gasteiger partial charge < -0.3 is 19.6 Å². The van der Waals surface area contributed by atoms with Crippen molar-refractivity contribution in [2.45, 2.75) is 31.8 Å². The normalized spacial score (nSPS) is 19.8. The van der Waals surface area contributed by atoms with Gasteiger partial charge in [0, 0.05) is 12.1 Å². The second-order valence-corrected chi connectivity index (χ2v) is 6.82. The summed E-state index contributed by atoms with van der Waals surface area (Å²) in [5.74, 6) is -2.10. The molecule has 0 radical (unpaired) electrons. The number of carbonyl (C=O) groups excluding carboxylic acids is 1. The number of hydrazone groups is 1. The molecule has 1 aliphatic rings. The van der Waals surface area contributed by atoms with Gasteiger partial charge >= 0.3 is 17.9 Å². The van der Waals surface area contributed by atoms with E-state index >= 15 is 0 Å². The van der Waals surface area contributed by atoms with Crippen LogP contribution < -0.4 is 0 Å². The van der Waals surface area contributed by atoms with Gasteiger partial charge in [-0.05, 0) is 39.9 Å². The Morgan fingerprint density at radius 2 is 2.18 bits per heavy atom. The topological polar surface area (TPSA) is 127 Å². The van der Waals surface area contributed by atoms with Crippen molar-refractivity contribution in [1.82, 2.24) is 14.8 Å². The summed E-state index contributed by atoms with van der Waals surface area (Å²) in [5, 5.41) is 27.9. The maximum atomic E-state index is 13.2. The lowest BCUT2D eigenvalue weighted by atomic mass is 10.1. The first-order valence-corrected chi connectivity index (χ1v) is 8.35. The van der Waals surface area contributed by atoms with Crippen molar-refractivity contribution in [3.8, 4) is 0 Å². The van der Waals surface area contributed by atoms with Crippen LogP contribution in [0.1, 0.15) is 29.7 Å². The van der Waals surface area contributed by atoms with Crippen LogP contribution in [0.4, 0.5) is 19.0 Å². The molecule has 0 saturated heterocycles. The van der Waals surface area contributed by atoms with Gasteiger partial charge in [0.05, 0.1) is 11.3 Å². The van der Waals surface area contributed by atoms with E-state index in [4.69, 9.17) is 4.42 Å². The van der Waals surface area contributed by atoms with Crippen LogP contribution in [-0.2, 0) is 6.54 Å². The van der Waals surface area contributed by atoms with Gasteiger partial charge in [0.25, 0.3) is 5.72 Å². The highest BCUT2D eigenvalue weighted by molar-refractivity contribution is 9.10. The summed E-state index contributed by atoms with van der Waals surface area (Å²) >= 11 is 2.98. The van der Waals surface area contributed by atoms with Gasteiger partial charge in [0.15, 0.2) is 5.76 Å². The Kier molecular flexibility index (Phi) is 4.79. The number of hydrogen-bond donors (Lipinski definition) is 1. The molecule has 1 N–H and O–H groups in total. The molecule has 1 amide bonds. The number of carbonyl (C=O) groups is 1. The maximum Gasteiger partial charge on any atom is 0.438 e. The number of aromatic nitrogens is 2. The number of alkyl halides is 3. The third-order valence-electron chi connectivity index (χ3n) is 3.83. The van der Waals surface area contributed by atoms with Gasteiger partial charge in [-0.1, -0.05) is 0 Å². The van der Waals surface area contributed by atoms with E-state index in [1.165, 1.54) is 19.2 Å². The molecule has 2 aromatic heterocycles. The molecule has 1 atom stereocenters. The molecule has 3 heterocycles. The second-order valence-electron chi connectivity index (χ2n) is 5.96. The minimum Gasteiger partial charge on any atom is -0.454 e. The zero-order chi connectivity index (χ0) is 20.9. The molecule has 150 valence electrons. The molecule has 0 aliphatic carbocycles. The van der Waals surface area contributed by atoms with E-state index < -0.39 is 40.7 Å². The minimum atomic E-state index is -5.13. The average Bonchev–Trinajstić information content (AvgIpc) is 3.25. The summed E-state index contributed by atoms with van der Waals surface area (Å²) in [4.78, 5) is 22.5. The number of furan rings is 1. The molecule has 0 saturated carbocycles. The van der Waals surface area contributed by atoms with Crippen molar-refractivity contribution in [3.05, 3.63) is 44.4 Å². The number of amides is 1. The molecule has 0 bridgehead atoms. The van der Waals surface area contributed by atoms with Crippen LogP contribution in [0.15, 0.2) is 32.3 Å². The Labute approximate surface area is 162 Å². The molecular weight excluding hydrogens is 455 g/mol. The van der Waals surface area contributed by atoms with E-state index in [1.54, 1.807) is 0 Å². The lowest BCUT2D eigenvalue weighted by Crippen LogP contribution is -2.56. The van der Waals surface area contributed by atoms with E-state index in [-0.39, 0.29) is 27.5 Å². The van der Waals surface area contributed by atoms with E-state index in [2.05, 4.69) is 26.1 Å². The van der Waals surface area contributed by atoms with Crippen molar-refractivity contribution in [3.63, 3.8) is 0 Å². The van der Waals surface area contributed by atoms with Gasteiger partial charge in [-0.15, -0.1) is 0 Å². The molecule has 3 rings (SSSR count). The fourth-order valence-electron chi connectivity index (χ4n) is 2.59. The van der Waals surface area contributed by atoms with Gasteiger partial charge in [-0.2, -0.15) is 28.0 Å². The largest absolute Gasteiger partial charge is 0.454 e. The fourth-order valence-corrected chi connectivity index (χ4v) is 3.05. The Hall–Kier alpha value is -2.74. The Morgan fingerprint density at radius 1 is 1.50 bits per heavy atom. The highest BCUT2D eigenvalue weighted by atomic mass is 79.9. The standard InChI is InChI=1S/C14H11BrF3N5O5/c1-7-4-13(25,14(16,17)18)22(19-7)12(24)10-3-2-8(28-10)5-21-6-9(15)11(20-21)23(26)27/h2-3,6,25H,4-5H2,1H3/t13-/m1/s1. The molecule has 14 heteroatoms. The summed E-state index contributed by atoms with van der Waals surface area (Å²) in [6.45, 7) is 1.13. The molecule has 0 aromatic carbocycles. The third kappa shape index (κ3) is 3.40. The molecule has 2 aromatic rings. The molecule has 0 spiro atoms. The van der Waals surface area contributed by atoms with Crippen LogP contribution >= 0.6 is 15.9 Å². The van der Waals surface area contributed by atoms with E-state index in [0.29, 0.717) is 0 Å². The Balaban J connectivity index is 1.82. The maximum absolute atomic E-state index is 13.2. The van der Waals surface area contributed by atoms with E-state index in [0.717, 1.165) is 10.7 Å². The predicted octanol–water partition coefficient (Wildman–Crippen LogP) is 2.67. The molecule has 28 heavy (non-hydrogen) atoms. The smallest absolute Gasteiger partial charge is 0.438 e. The highest BCUT2D eigenvalue weighted by Crippen LogP contribution is 2.41. The van der Waals surface area contributed by atoms with Gasteiger partial charge in [0.1, 0.15) is 16.8 Å². The Bertz CT molecular complexity index is 984. The van der Waals surface area contributed by atoms with E-state index in [1.807, 2.05) is 0 Å². The number of hydrogen-bond acceptors (Lipinski definition) is 7. The van der Waals surface area contributed by atoms with Crippen LogP contribution in [0.5, 0.6) is 0 Å². The molecule has 0 fully saturated rings. The van der Waals surface area contributed by atoms with Crippen molar-refractivity contribution in [1.29, 1.82) is 0 Å². The lowest BCUT2D eigenvalue weighted by molar-refractivity contribution is -0.390. The van der Waals surface area contributed by atoms with E-state index in [9.17, 15) is 33.2 Å². The van der Waals surface area contributed by atoms with Gasteiger partial charge in [-0.3, -0.25) is 4.79 Å². The number of rotatable bonds is 4. The van der Waals surface area contributed by atoms with Gasteiger partial charge in [0.2, 0.25) is 0 Å². The molecular formula is C14H11BrF3N5O5. The second kappa shape index (κ2) is 6.70. The quantitative estimate of drug-likeness (QED) is 0.546. The molecule has 1 aliphatic heterocycles. The first-order chi connectivity index (χ1) is 12.9. The first kappa shape index (κ1) is 20.0. The van der Waals surface area contributed by atoms with Crippen molar-refractivity contribution < 1.29 is 32.4 Å². The monoisotopic (exact) mass is 465 g/mol. The highest BCUT2D eigenvalue weighted by Gasteiger charge is 2.63. The van der Waals surface area contributed by atoms with Crippen LogP contribution in [0.2, 0.25) is 0 Å². The van der Waals surface area contributed by atoms with Crippen molar-refractivity contribution in [2.75, 3.05) is 0 Å².